The number of aromatic nitrogens is 3. The number of anilines is 1. The van der Waals surface area contributed by atoms with Gasteiger partial charge in [-0.05, 0) is 36.2 Å². The molecule has 1 N–H and O–H groups in total. The number of non-ortho nitro benzene ring substituents is 1. The maximum absolute atomic E-state index is 12.5. The maximum atomic E-state index is 12.5. The number of hydrogen-bond donors (Lipinski definition) is 1. The lowest BCUT2D eigenvalue weighted by Crippen LogP contribution is -2.15. The zero-order valence-corrected chi connectivity index (χ0v) is 19.8. The van der Waals surface area contributed by atoms with Crippen molar-refractivity contribution in [3.05, 3.63) is 94.5 Å². The second-order valence-corrected chi connectivity index (χ2v) is 8.48. The van der Waals surface area contributed by atoms with Gasteiger partial charge in [0.25, 0.3) is 5.69 Å². The van der Waals surface area contributed by atoms with Crippen molar-refractivity contribution in [3.8, 4) is 17.1 Å². The molecule has 9 nitrogen and oxygen atoms in total. The van der Waals surface area contributed by atoms with Crippen LogP contribution in [0.1, 0.15) is 5.56 Å². The minimum absolute atomic E-state index is 0.0345. The van der Waals surface area contributed by atoms with Crippen LogP contribution >= 0.6 is 11.8 Å². The van der Waals surface area contributed by atoms with Gasteiger partial charge in [0.2, 0.25) is 5.91 Å². The molecule has 1 heterocycles. The summed E-state index contributed by atoms with van der Waals surface area (Å²) in [6.45, 7) is 0.622. The van der Waals surface area contributed by atoms with Gasteiger partial charge in [-0.25, -0.2) is 0 Å². The van der Waals surface area contributed by atoms with Crippen LogP contribution in [-0.4, -0.2) is 38.5 Å². The monoisotopic (exact) mass is 489 g/mol. The van der Waals surface area contributed by atoms with E-state index in [0.29, 0.717) is 29.0 Å². The molecule has 1 aromatic heterocycles. The van der Waals surface area contributed by atoms with E-state index < -0.39 is 4.92 Å². The fourth-order valence-corrected chi connectivity index (χ4v) is 4.27. The molecule has 10 heteroatoms. The number of nitrogens with one attached hydrogen (secondary N) is 1. The Kier molecular flexibility index (Phi) is 7.74. The number of methoxy groups -OCH3 is 1. The molecular weight excluding hydrogens is 466 g/mol. The van der Waals surface area contributed by atoms with Crippen molar-refractivity contribution < 1.29 is 14.5 Å². The number of nitro groups is 1. The molecular formula is C25H23N5O4S. The van der Waals surface area contributed by atoms with Crippen molar-refractivity contribution in [3.63, 3.8) is 0 Å². The third-order valence-electron chi connectivity index (χ3n) is 5.23. The minimum atomic E-state index is -0.483. The average molecular weight is 490 g/mol. The lowest BCUT2D eigenvalue weighted by molar-refractivity contribution is -0.384. The summed E-state index contributed by atoms with van der Waals surface area (Å²) in [7, 11) is 1.61. The number of carbonyl (C=O) groups is 1. The predicted molar refractivity (Wildman–Crippen MR) is 135 cm³/mol. The quantitative estimate of drug-likeness (QED) is 0.193. The number of hydrogen-bond acceptors (Lipinski definition) is 7. The van der Waals surface area contributed by atoms with E-state index in [-0.39, 0.29) is 17.3 Å². The Morgan fingerprint density at radius 3 is 2.46 bits per heavy atom. The van der Waals surface area contributed by atoms with Gasteiger partial charge >= 0.3 is 0 Å². The van der Waals surface area contributed by atoms with Gasteiger partial charge in [-0.2, -0.15) is 0 Å². The highest BCUT2D eigenvalue weighted by Gasteiger charge is 2.18. The molecule has 0 bridgehead atoms. The molecule has 178 valence electrons. The number of para-hydroxylation sites is 1. The van der Waals surface area contributed by atoms with Crippen LogP contribution in [0.15, 0.2) is 84.0 Å². The SMILES string of the molecule is COc1ccccc1-c1nnc(SCC(=O)Nc2ccc([N+](=O)[O-])cc2)n1CCc1ccccc1. The van der Waals surface area contributed by atoms with Crippen LogP contribution in [0.2, 0.25) is 0 Å². The fraction of sp³-hybridized carbons (Fsp3) is 0.160. The molecule has 0 unspecified atom stereocenters. The van der Waals surface area contributed by atoms with E-state index in [1.54, 1.807) is 7.11 Å². The van der Waals surface area contributed by atoms with Crippen LogP contribution in [0.5, 0.6) is 5.75 Å². The van der Waals surface area contributed by atoms with E-state index in [4.69, 9.17) is 4.74 Å². The molecule has 4 rings (SSSR count). The summed E-state index contributed by atoms with van der Waals surface area (Å²) in [5, 5.41) is 22.9. The molecule has 0 aliphatic rings. The number of carbonyl (C=O) groups excluding carboxylic acids is 1. The van der Waals surface area contributed by atoms with Crippen LogP contribution in [0.3, 0.4) is 0 Å². The van der Waals surface area contributed by atoms with Gasteiger partial charge in [0, 0.05) is 24.4 Å². The molecule has 0 saturated heterocycles. The van der Waals surface area contributed by atoms with Crippen LogP contribution in [-0.2, 0) is 17.8 Å². The fourth-order valence-electron chi connectivity index (χ4n) is 3.50. The number of rotatable bonds is 10. The first kappa shape index (κ1) is 24.0. The van der Waals surface area contributed by atoms with E-state index in [1.807, 2.05) is 47.0 Å². The number of nitrogens with zero attached hydrogens (tertiary/aromatic N) is 4. The molecule has 1 amide bonds. The van der Waals surface area contributed by atoms with Crippen LogP contribution < -0.4 is 10.1 Å². The van der Waals surface area contributed by atoms with Gasteiger partial charge in [0.1, 0.15) is 5.75 Å². The minimum Gasteiger partial charge on any atom is -0.496 e. The van der Waals surface area contributed by atoms with Crippen molar-refractivity contribution in [1.29, 1.82) is 0 Å². The van der Waals surface area contributed by atoms with Gasteiger partial charge in [0.05, 0.1) is 23.3 Å². The molecule has 0 aliphatic heterocycles. The first-order chi connectivity index (χ1) is 17.0. The highest BCUT2D eigenvalue weighted by Crippen LogP contribution is 2.31. The molecule has 0 radical (unpaired) electrons. The summed E-state index contributed by atoms with van der Waals surface area (Å²) in [5.41, 5.74) is 2.45. The van der Waals surface area contributed by atoms with Crippen molar-refractivity contribution >= 4 is 29.0 Å². The Hall–Kier alpha value is -4.18. The molecule has 0 fully saturated rings. The summed E-state index contributed by atoms with van der Waals surface area (Å²) in [5.74, 6) is 1.21. The third-order valence-corrected chi connectivity index (χ3v) is 6.19. The molecule has 0 saturated carbocycles. The van der Waals surface area contributed by atoms with Gasteiger partial charge in [-0.1, -0.05) is 54.2 Å². The van der Waals surface area contributed by atoms with Crippen molar-refractivity contribution in [2.45, 2.75) is 18.1 Å². The van der Waals surface area contributed by atoms with Gasteiger partial charge in [0.15, 0.2) is 11.0 Å². The summed E-state index contributed by atoms with van der Waals surface area (Å²) in [6.07, 6.45) is 0.767. The highest BCUT2D eigenvalue weighted by molar-refractivity contribution is 7.99. The average Bonchev–Trinajstić information content (AvgIpc) is 3.29. The molecule has 3 aromatic carbocycles. The van der Waals surface area contributed by atoms with Crippen molar-refractivity contribution in [1.82, 2.24) is 14.8 Å². The molecule has 35 heavy (non-hydrogen) atoms. The standard InChI is InChI=1S/C25H23N5O4S/c1-34-22-10-6-5-9-21(22)24-27-28-25(29(24)16-15-18-7-3-2-4-8-18)35-17-23(31)26-19-11-13-20(14-12-19)30(32)33/h2-14H,15-17H2,1H3,(H,26,31). The number of aryl methyl sites for hydroxylation is 1. The Labute approximate surface area is 206 Å². The van der Waals surface area contributed by atoms with Gasteiger partial charge in [-0.3, -0.25) is 14.9 Å². The predicted octanol–water partition coefficient (Wildman–Crippen LogP) is 4.84. The zero-order chi connectivity index (χ0) is 24.6. The van der Waals surface area contributed by atoms with Crippen molar-refractivity contribution in [2.24, 2.45) is 0 Å². The molecule has 0 aliphatic carbocycles. The van der Waals surface area contributed by atoms with E-state index in [2.05, 4.69) is 27.6 Å². The van der Waals surface area contributed by atoms with E-state index >= 15 is 0 Å². The summed E-state index contributed by atoms with van der Waals surface area (Å²) >= 11 is 1.27. The summed E-state index contributed by atoms with van der Waals surface area (Å²) < 4.78 is 7.52. The van der Waals surface area contributed by atoms with Crippen LogP contribution in [0.4, 0.5) is 11.4 Å². The lowest BCUT2D eigenvalue weighted by Gasteiger charge is -2.12. The van der Waals surface area contributed by atoms with Crippen molar-refractivity contribution in [2.75, 3.05) is 18.2 Å². The van der Waals surface area contributed by atoms with Crippen LogP contribution in [0.25, 0.3) is 11.4 Å². The number of nitro benzene ring substituents is 1. The number of thioether (sulfide) groups is 1. The Morgan fingerprint density at radius 2 is 1.74 bits per heavy atom. The van der Waals surface area contributed by atoms with E-state index in [1.165, 1.54) is 41.6 Å². The number of benzene rings is 3. The van der Waals surface area contributed by atoms with E-state index in [0.717, 1.165) is 12.0 Å². The molecule has 0 atom stereocenters. The second kappa shape index (κ2) is 11.3. The molecule has 4 aromatic rings. The maximum Gasteiger partial charge on any atom is 0.269 e. The lowest BCUT2D eigenvalue weighted by atomic mass is 10.1. The second-order valence-electron chi connectivity index (χ2n) is 7.53. The summed E-state index contributed by atoms with van der Waals surface area (Å²) in [6, 6.07) is 23.4. The third kappa shape index (κ3) is 6.04. The molecule has 0 spiro atoms. The van der Waals surface area contributed by atoms with E-state index in [9.17, 15) is 14.9 Å². The van der Waals surface area contributed by atoms with Gasteiger partial charge in [-0.15, -0.1) is 10.2 Å². The summed E-state index contributed by atoms with van der Waals surface area (Å²) in [4.78, 5) is 22.9. The smallest absolute Gasteiger partial charge is 0.269 e. The first-order valence-electron chi connectivity index (χ1n) is 10.8. The van der Waals surface area contributed by atoms with Crippen LogP contribution in [0, 0.1) is 10.1 Å². The normalized spacial score (nSPS) is 10.7. The number of ether oxygens (including phenoxy) is 1. The Bertz CT molecular complexity index is 1310. The Balaban J connectivity index is 1.51. The highest BCUT2D eigenvalue weighted by atomic mass is 32.2. The Morgan fingerprint density at radius 1 is 1.03 bits per heavy atom. The largest absolute Gasteiger partial charge is 0.496 e. The zero-order valence-electron chi connectivity index (χ0n) is 19.0. The number of amides is 1. The van der Waals surface area contributed by atoms with Gasteiger partial charge < -0.3 is 14.6 Å². The topological polar surface area (TPSA) is 112 Å². The first-order valence-corrected chi connectivity index (χ1v) is 11.8.